The van der Waals surface area contributed by atoms with Gasteiger partial charge in [-0.3, -0.25) is 4.79 Å². The summed E-state index contributed by atoms with van der Waals surface area (Å²) >= 11 is 0. The smallest absolute Gasteiger partial charge is 0.252 e. The van der Waals surface area contributed by atoms with Crippen LogP contribution in [-0.2, 0) is 0 Å². The summed E-state index contributed by atoms with van der Waals surface area (Å²) < 4.78 is 6.95. The molecular weight excluding hydrogens is 342 g/mol. The number of methoxy groups -OCH3 is 1. The van der Waals surface area contributed by atoms with Crippen LogP contribution in [0.1, 0.15) is 22.0 Å². The normalized spacial score (nSPS) is 12.0. The van der Waals surface area contributed by atoms with Gasteiger partial charge in [-0.2, -0.15) is 5.10 Å². The maximum absolute atomic E-state index is 12.5. The first-order chi connectivity index (χ1) is 13.1. The van der Waals surface area contributed by atoms with Gasteiger partial charge in [-0.15, -0.1) is 0 Å². The minimum absolute atomic E-state index is 0.0281. The highest BCUT2D eigenvalue weighted by molar-refractivity contribution is 5.93. The second kappa shape index (κ2) is 8.46. The van der Waals surface area contributed by atoms with Crippen LogP contribution in [0.2, 0.25) is 0 Å². The van der Waals surface area contributed by atoms with Gasteiger partial charge in [-0.05, 0) is 50.0 Å². The summed E-state index contributed by atoms with van der Waals surface area (Å²) in [6.45, 7) is 0.472. The van der Waals surface area contributed by atoms with Gasteiger partial charge < -0.3 is 15.0 Å². The van der Waals surface area contributed by atoms with Gasteiger partial charge in [0.15, 0.2) is 5.82 Å². The number of carbonyl (C=O) groups excluding carboxylic acids is 1. The Labute approximate surface area is 158 Å². The first-order valence-electron chi connectivity index (χ1n) is 8.63. The Bertz CT molecular complexity index is 876. The van der Waals surface area contributed by atoms with Crippen molar-refractivity contribution in [1.82, 2.24) is 25.0 Å². The van der Waals surface area contributed by atoms with E-state index < -0.39 is 0 Å². The van der Waals surface area contributed by atoms with Crippen LogP contribution >= 0.6 is 0 Å². The molecule has 0 aliphatic rings. The van der Waals surface area contributed by atoms with E-state index in [1.807, 2.05) is 44.4 Å². The van der Waals surface area contributed by atoms with E-state index >= 15 is 0 Å². The molecule has 0 spiro atoms. The van der Waals surface area contributed by atoms with E-state index in [1.54, 1.807) is 42.5 Å². The fraction of sp³-hybridized carbons (Fsp3) is 0.250. The topological polar surface area (TPSA) is 72.3 Å². The molecule has 1 aromatic carbocycles. The van der Waals surface area contributed by atoms with Crippen LogP contribution in [0.25, 0.3) is 5.82 Å². The van der Waals surface area contributed by atoms with Crippen molar-refractivity contribution in [1.29, 1.82) is 0 Å². The van der Waals surface area contributed by atoms with Crippen LogP contribution in [0.15, 0.2) is 61.1 Å². The molecule has 140 valence electrons. The van der Waals surface area contributed by atoms with Gasteiger partial charge in [0.1, 0.15) is 5.75 Å². The van der Waals surface area contributed by atoms with Crippen molar-refractivity contribution in [2.75, 3.05) is 27.7 Å². The molecule has 3 aromatic rings. The Kier molecular flexibility index (Phi) is 5.83. The third kappa shape index (κ3) is 4.51. The Hall–Kier alpha value is -3.19. The van der Waals surface area contributed by atoms with E-state index in [9.17, 15) is 4.79 Å². The van der Waals surface area contributed by atoms with Crippen LogP contribution in [0.5, 0.6) is 5.75 Å². The maximum atomic E-state index is 12.5. The molecule has 2 heterocycles. The summed E-state index contributed by atoms with van der Waals surface area (Å²) in [5.41, 5.74) is 1.58. The van der Waals surface area contributed by atoms with Gasteiger partial charge in [-0.25, -0.2) is 9.67 Å². The van der Waals surface area contributed by atoms with E-state index in [1.165, 1.54) is 0 Å². The average molecular weight is 365 g/mol. The molecule has 0 aliphatic heterocycles. The second-order valence-corrected chi connectivity index (χ2v) is 6.32. The number of ether oxygens (including phenoxy) is 1. The van der Waals surface area contributed by atoms with Crippen molar-refractivity contribution >= 4 is 5.91 Å². The van der Waals surface area contributed by atoms with E-state index in [-0.39, 0.29) is 11.9 Å². The lowest BCUT2D eigenvalue weighted by Gasteiger charge is -2.25. The molecule has 0 saturated heterocycles. The molecule has 7 nitrogen and oxygen atoms in total. The maximum Gasteiger partial charge on any atom is 0.252 e. The summed E-state index contributed by atoms with van der Waals surface area (Å²) in [5.74, 6) is 1.30. The van der Waals surface area contributed by atoms with Crippen LogP contribution < -0.4 is 10.1 Å². The molecule has 0 fully saturated rings. The molecule has 0 aliphatic carbocycles. The van der Waals surface area contributed by atoms with Crippen LogP contribution in [0.3, 0.4) is 0 Å². The zero-order valence-electron chi connectivity index (χ0n) is 15.7. The molecule has 7 heteroatoms. The largest absolute Gasteiger partial charge is 0.497 e. The van der Waals surface area contributed by atoms with Crippen LogP contribution in [0, 0.1) is 0 Å². The number of aromatic nitrogens is 3. The fourth-order valence-electron chi connectivity index (χ4n) is 2.80. The van der Waals surface area contributed by atoms with Crippen molar-refractivity contribution in [3.05, 3.63) is 72.2 Å². The number of carbonyl (C=O) groups is 1. The summed E-state index contributed by atoms with van der Waals surface area (Å²) in [5, 5.41) is 7.11. The zero-order chi connectivity index (χ0) is 19.2. The van der Waals surface area contributed by atoms with Gasteiger partial charge >= 0.3 is 0 Å². The van der Waals surface area contributed by atoms with Crippen molar-refractivity contribution in [3.63, 3.8) is 0 Å². The molecule has 2 aromatic heterocycles. The number of nitrogens with one attached hydrogen (secondary N) is 1. The standard InChI is InChI=1S/C20H23N5O2/c1-24(2)18(15-6-4-7-17(12-15)27-3)14-22-20(26)16-8-9-19(21-13-16)25-11-5-10-23-25/h4-13,18H,14H2,1-3H3,(H,22,26). The van der Waals surface area contributed by atoms with Crippen molar-refractivity contribution in [2.45, 2.75) is 6.04 Å². The van der Waals surface area contributed by atoms with E-state index in [0.717, 1.165) is 11.3 Å². The Balaban J connectivity index is 1.67. The summed E-state index contributed by atoms with van der Waals surface area (Å²) in [6.07, 6.45) is 5.04. The Morgan fingerprint density at radius 1 is 1.26 bits per heavy atom. The number of rotatable bonds is 7. The van der Waals surface area contributed by atoms with Crippen LogP contribution in [-0.4, -0.2) is 53.3 Å². The molecule has 1 amide bonds. The summed E-state index contributed by atoms with van der Waals surface area (Å²) in [7, 11) is 5.61. The molecule has 1 unspecified atom stereocenters. The van der Waals surface area contributed by atoms with Gasteiger partial charge in [-0.1, -0.05) is 12.1 Å². The molecule has 0 saturated carbocycles. The van der Waals surface area contributed by atoms with Crippen molar-refractivity contribution in [3.8, 4) is 11.6 Å². The molecule has 3 rings (SSSR count). The zero-order valence-corrected chi connectivity index (χ0v) is 15.7. The highest BCUT2D eigenvalue weighted by Gasteiger charge is 2.17. The molecule has 0 radical (unpaired) electrons. The van der Waals surface area contributed by atoms with E-state index in [4.69, 9.17) is 4.74 Å². The quantitative estimate of drug-likeness (QED) is 0.696. The monoisotopic (exact) mass is 365 g/mol. The SMILES string of the molecule is COc1cccc(C(CNC(=O)c2ccc(-n3cccn3)nc2)N(C)C)c1. The number of hydrogen-bond donors (Lipinski definition) is 1. The van der Waals surface area contributed by atoms with Crippen LogP contribution in [0.4, 0.5) is 0 Å². The van der Waals surface area contributed by atoms with Crippen molar-refractivity contribution < 1.29 is 9.53 Å². The molecule has 1 atom stereocenters. The number of amides is 1. The first kappa shape index (κ1) is 18.6. The van der Waals surface area contributed by atoms with Gasteiger partial charge in [0.2, 0.25) is 0 Å². The summed E-state index contributed by atoms with van der Waals surface area (Å²) in [6, 6.07) is 13.2. The minimum atomic E-state index is -0.163. The lowest BCUT2D eigenvalue weighted by Crippen LogP contribution is -2.34. The van der Waals surface area contributed by atoms with Gasteiger partial charge in [0.05, 0.1) is 18.7 Å². The second-order valence-electron chi connectivity index (χ2n) is 6.32. The summed E-state index contributed by atoms with van der Waals surface area (Å²) in [4.78, 5) is 18.9. The fourth-order valence-corrected chi connectivity index (χ4v) is 2.80. The molecule has 1 N–H and O–H groups in total. The molecule has 0 bridgehead atoms. The van der Waals surface area contributed by atoms with Crippen molar-refractivity contribution in [2.24, 2.45) is 0 Å². The lowest BCUT2D eigenvalue weighted by molar-refractivity contribution is 0.0941. The highest BCUT2D eigenvalue weighted by atomic mass is 16.5. The van der Waals surface area contributed by atoms with Gasteiger partial charge in [0.25, 0.3) is 5.91 Å². The lowest BCUT2D eigenvalue weighted by atomic mass is 10.1. The number of hydrogen-bond acceptors (Lipinski definition) is 5. The first-order valence-corrected chi connectivity index (χ1v) is 8.63. The predicted octanol–water partition coefficient (Wildman–Crippen LogP) is 2.31. The average Bonchev–Trinajstić information content (AvgIpc) is 3.23. The Morgan fingerprint density at radius 3 is 2.74 bits per heavy atom. The number of nitrogens with zero attached hydrogens (tertiary/aromatic N) is 4. The number of likely N-dealkylation sites (N-methyl/N-ethyl adjacent to an activating group) is 1. The van der Waals surface area contributed by atoms with E-state index in [2.05, 4.69) is 20.3 Å². The predicted molar refractivity (Wildman–Crippen MR) is 103 cm³/mol. The van der Waals surface area contributed by atoms with Gasteiger partial charge in [0, 0.05) is 25.1 Å². The Morgan fingerprint density at radius 2 is 2.11 bits per heavy atom. The van der Waals surface area contributed by atoms with E-state index in [0.29, 0.717) is 17.9 Å². The minimum Gasteiger partial charge on any atom is -0.497 e. The molecule has 27 heavy (non-hydrogen) atoms. The third-order valence-electron chi connectivity index (χ3n) is 4.31. The third-order valence-corrected chi connectivity index (χ3v) is 4.31. The number of benzene rings is 1. The molecular formula is C20H23N5O2. The highest BCUT2D eigenvalue weighted by Crippen LogP contribution is 2.22. The number of pyridine rings is 1.